The molecule has 18 heavy (non-hydrogen) atoms. The second-order valence-electron chi connectivity index (χ2n) is 3.51. The largest absolute Gasteiger partial charge is 0.389 e. The summed E-state index contributed by atoms with van der Waals surface area (Å²) >= 11 is 5.67. The highest BCUT2D eigenvalue weighted by Gasteiger charge is 2.17. The number of sulfone groups is 1. The minimum atomic E-state index is -3.71. The maximum Gasteiger partial charge on any atom is 0.250 e. The average molecular weight is 328 g/mol. The molecule has 1 rings (SSSR count). The highest BCUT2D eigenvalue weighted by molar-refractivity contribution is 7.92. The molecule has 1 heterocycles. The SMILES string of the molecule is CS(=O)(=O)CCNS(=O)(=O)c1ccc(C(N)=S)s1. The zero-order valence-corrected chi connectivity index (χ0v) is 12.7. The van der Waals surface area contributed by atoms with E-state index in [1.807, 2.05) is 0 Å². The van der Waals surface area contributed by atoms with Crippen molar-refractivity contribution >= 4 is 48.4 Å². The molecule has 0 radical (unpaired) electrons. The summed E-state index contributed by atoms with van der Waals surface area (Å²) in [5.74, 6) is -0.250. The average Bonchev–Trinajstić information content (AvgIpc) is 2.63. The highest BCUT2D eigenvalue weighted by Crippen LogP contribution is 2.21. The second kappa shape index (κ2) is 5.61. The Kier molecular flexibility index (Phi) is 4.84. The van der Waals surface area contributed by atoms with Crippen molar-refractivity contribution in [3.8, 4) is 0 Å². The van der Waals surface area contributed by atoms with E-state index in [0.29, 0.717) is 4.88 Å². The number of nitrogens with one attached hydrogen (secondary N) is 1. The minimum Gasteiger partial charge on any atom is -0.389 e. The molecular weight excluding hydrogens is 316 g/mol. The van der Waals surface area contributed by atoms with Crippen molar-refractivity contribution in [1.82, 2.24) is 4.72 Å². The lowest BCUT2D eigenvalue weighted by Crippen LogP contribution is -2.28. The van der Waals surface area contributed by atoms with Crippen molar-refractivity contribution in [2.75, 3.05) is 18.6 Å². The monoisotopic (exact) mass is 328 g/mol. The van der Waals surface area contributed by atoms with Gasteiger partial charge >= 0.3 is 0 Å². The molecule has 0 aliphatic rings. The maximum absolute atomic E-state index is 11.8. The van der Waals surface area contributed by atoms with E-state index in [2.05, 4.69) is 4.72 Å². The number of rotatable bonds is 6. The third-order valence-corrected chi connectivity index (χ3v) is 6.22. The molecule has 0 aliphatic heterocycles. The smallest absolute Gasteiger partial charge is 0.250 e. The Hall–Kier alpha value is -0.550. The summed E-state index contributed by atoms with van der Waals surface area (Å²) in [6, 6.07) is 2.89. The molecule has 0 atom stereocenters. The molecule has 0 spiro atoms. The molecule has 1 aromatic rings. The van der Waals surface area contributed by atoms with Crippen LogP contribution in [0.25, 0.3) is 0 Å². The molecule has 0 bridgehead atoms. The lowest BCUT2D eigenvalue weighted by Gasteiger charge is -2.03. The topological polar surface area (TPSA) is 106 Å². The van der Waals surface area contributed by atoms with Crippen LogP contribution in [-0.2, 0) is 19.9 Å². The molecule has 102 valence electrons. The Balaban J connectivity index is 2.77. The number of hydrogen-bond donors (Lipinski definition) is 2. The van der Waals surface area contributed by atoms with E-state index in [9.17, 15) is 16.8 Å². The van der Waals surface area contributed by atoms with Gasteiger partial charge in [0.2, 0.25) is 10.0 Å². The van der Waals surface area contributed by atoms with E-state index in [0.717, 1.165) is 17.6 Å². The van der Waals surface area contributed by atoms with Crippen LogP contribution in [0.2, 0.25) is 0 Å². The van der Waals surface area contributed by atoms with E-state index in [4.69, 9.17) is 18.0 Å². The van der Waals surface area contributed by atoms with Crippen LogP contribution in [0.1, 0.15) is 4.88 Å². The van der Waals surface area contributed by atoms with Crippen LogP contribution in [0, 0.1) is 0 Å². The van der Waals surface area contributed by atoms with Crippen molar-refractivity contribution in [1.29, 1.82) is 0 Å². The zero-order valence-electron chi connectivity index (χ0n) is 9.41. The van der Waals surface area contributed by atoms with Crippen LogP contribution in [0.15, 0.2) is 16.3 Å². The molecule has 0 saturated heterocycles. The van der Waals surface area contributed by atoms with Gasteiger partial charge in [-0.15, -0.1) is 11.3 Å². The third-order valence-electron chi connectivity index (χ3n) is 1.85. The first kappa shape index (κ1) is 15.5. The summed E-state index contributed by atoms with van der Waals surface area (Å²) in [4.78, 5) is 0.617. The van der Waals surface area contributed by atoms with E-state index in [1.54, 1.807) is 0 Å². The van der Waals surface area contributed by atoms with Crippen LogP contribution in [0.3, 0.4) is 0 Å². The molecule has 10 heteroatoms. The first-order valence-corrected chi connectivity index (χ1v) is 9.46. The van der Waals surface area contributed by atoms with Crippen molar-refractivity contribution in [2.24, 2.45) is 5.73 Å². The zero-order chi connectivity index (χ0) is 14.0. The molecule has 0 fully saturated rings. The van der Waals surface area contributed by atoms with Crippen molar-refractivity contribution in [3.05, 3.63) is 17.0 Å². The van der Waals surface area contributed by atoms with E-state index >= 15 is 0 Å². The normalized spacial score (nSPS) is 12.5. The fourth-order valence-corrected chi connectivity index (χ4v) is 4.06. The number of thiocarbonyl (C=S) groups is 1. The molecule has 0 unspecified atom stereocenters. The van der Waals surface area contributed by atoms with Crippen LogP contribution >= 0.6 is 23.6 Å². The number of thiophene rings is 1. The predicted molar refractivity (Wildman–Crippen MR) is 75.1 cm³/mol. The van der Waals surface area contributed by atoms with Crippen LogP contribution < -0.4 is 10.5 Å². The van der Waals surface area contributed by atoms with Crippen molar-refractivity contribution in [2.45, 2.75) is 4.21 Å². The van der Waals surface area contributed by atoms with E-state index in [-0.39, 0.29) is 21.5 Å². The Labute approximate surface area is 115 Å². The number of nitrogens with two attached hydrogens (primary N) is 1. The molecule has 0 saturated carbocycles. The van der Waals surface area contributed by atoms with E-state index in [1.165, 1.54) is 12.1 Å². The first-order chi connectivity index (χ1) is 8.12. The first-order valence-electron chi connectivity index (χ1n) is 4.69. The number of sulfonamides is 1. The predicted octanol–water partition coefficient (Wildman–Crippen LogP) is -0.295. The standard InChI is InChI=1S/C8H12N2O4S4/c1-17(11,12)5-4-10-18(13,14)7-3-2-6(16-7)8(9)15/h2-3,10H,4-5H2,1H3,(H2,9,15). The summed E-state index contributed by atoms with van der Waals surface area (Å²) in [7, 11) is -6.91. The van der Waals surface area contributed by atoms with Crippen molar-refractivity contribution in [3.63, 3.8) is 0 Å². The molecule has 0 aromatic carbocycles. The van der Waals surface area contributed by atoms with Gasteiger partial charge < -0.3 is 5.73 Å². The Morgan fingerprint density at radius 3 is 2.44 bits per heavy atom. The Bertz CT molecular complexity index is 644. The lowest BCUT2D eigenvalue weighted by atomic mass is 10.5. The molecular formula is C8H12N2O4S4. The van der Waals surface area contributed by atoms with Gasteiger partial charge in [0.15, 0.2) is 0 Å². The quantitative estimate of drug-likeness (QED) is 0.695. The van der Waals surface area contributed by atoms with E-state index < -0.39 is 19.9 Å². The van der Waals surface area contributed by atoms with Gasteiger partial charge in [0.05, 0.1) is 10.6 Å². The third kappa shape index (κ3) is 4.61. The highest BCUT2D eigenvalue weighted by atomic mass is 32.2. The van der Waals surface area contributed by atoms with Crippen LogP contribution in [0.5, 0.6) is 0 Å². The second-order valence-corrected chi connectivity index (χ2v) is 9.29. The summed E-state index contributed by atoms with van der Waals surface area (Å²) < 4.78 is 47.6. The van der Waals surface area contributed by atoms with Gasteiger partial charge in [-0.2, -0.15) is 0 Å². The Morgan fingerprint density at radius 1 is 1.39 bits per heavy atom. The Morgan fingerprint density at radius 2 is 2.00 bits per heavy atom. The summed E-state index contributed by atoms with van der Waals surface area (Å²) in [6.45, 7) is -0.165. The van der Waals surface area contributed by atoms with Gasteiger partial charge in [-0.25, -0.2) is 21.6 Å². The molecule has 0 aliphatic carbocycles. The lowest BCUT2D eigenvalue weighted by molar-refractivity contribution is 0.584. The van der Waals surface area contributed by atoms with Crippen molar-refractivity contribution < 1.29 is 16.8 Å². The summed E-state index contributed by atoms with van der Waals surface area (Å²) in [5, 5.41) is 0. The number of hydrogen-bond acceptors (Lipinski definition) is 6. The van der Waals surface area contributed by atoms with Gasteiger partial charge in [-0.3, -0.25) is 0 Å². The summed E-state index contributed by atoms with van der Waals surface area (Å²) in [5.41, 5.74) is 5.37. The van der Waals surface area contributed by atoms with Gasteiger partial charge in [0.1, 0.15) is 19.0 Å². The van der Waals surface area contributed by atoms with Crippen LogP contribution in [-0.4, -0.2) is 40.4 Å². The van der Waals surface area contributed by atoms with Gasteiger partial charge in [-0.05, 0) is 12.1 Å². The fraction of sp³-hybridized carbons (Fsp3) is 0.375. The molecule has 6 nitrogen and oxygen atoms in total. The molecule has 0 amide bonds. The van der Waals surface area contributed by atoms with Gasteiger partial charge in [-0.1, -0.05) is 12.2 Å². The molecule has 1 aromatic heterocycles. The summed E-state index contributed by atoms with van der Waals surface area (Å²) in [6.07, 6.45) is 1.04. The van der Waals surface area contributed by atoms with Gasteiger partial charge in [0.25, 0.3) is 0 Å². The minimum absolute atomic E-state index is 0.0544. The van der Waals surface area contributed by atoms with Gasteiger partial charge in [0, 0.05) is 12.8 Å². The fourth-order valence-electron chi connectivity index (χ4n) is 1.03. The van der Waals surface area contributed by atoms with Crippen LogP contribution in [0.4, 0.5) is 0 Å². The molecule has 3 N–H and O–H groups in total. The maximum atomic E-state index is 11.8.